The normalized spacial score (nSPS) is 10.7. The van der Waals surface area contributed by atoms with E-state index in [2.05, 4.69) is 9.98 Å². The Labute approximate surface area is 121 Å². The summed E-state index contributed by atoms with van der Waals surface area (Å²) >= 11 is 0. The zero-order valence-electron chi connectivity index (χ0n) is 9.90. The van der Waals surface area contributed by atoms with Crippen molar-refractivity contribution in [2.75, 3.05) is 0 Å². The fourth-order valence-electron chi connectivity index (χ4n) is 1.37. The third-order valence-electron chi connectivity index (χ3n) is 2.26. The second-order valence-corrected chi connectivity index (χ2v) is 3.53. The van der Waals surface area contributed by atoms with Crippen molar-refractivity contribution in [2.45, 2.75) is 0 Å². The molecule has 19 heavy (non-hydrogen) atoms. The smallest absolute Gasteiger partial charge is 0.141 e. The van der Waals surface area contributed by atoms with Crippen molar-refractivity contribution in [3.8, 4) is 11.5 Å². The van der Waals surface area contributed by atoms with Crippen LogP contribution in [-0.2, 0) is 16.8 Å². The fourth-order valence-corrected chi connectivity index (χ4v) is 1.37. The topological polar surface area (TPSA) is 65.2 Å². The Morgan fingerprint density at radius 1 is 0.684 bits per heavy atom. The van der Waals surface area contributed by atoms with Crippen LogP contribution in [0.1, 0.15) is 0 Å². The maximum Gasteiger partial charge on any atom is 0.141 e. The molecule has 99 valence electrons. The van der Waals surface area contributed by atoms with E-state index in [1.807, 2.05) is 0 Å². The fraction of sp³-hybridized carbons (Fsp3) is 0. The summed E-state index contributed by atoms with van der Waals surface area (Å²) in [5.74, 6) is 0.231. The number of phenolic OH excluding ortho intramolecular Hbond substituents is 2. The zero-order chi connectivity index (χ0) is 12.8. The van der Waals surface area contributed by atoms with E-state index in [9.17, 15) is 10.2 Å². The Balaban J connectivity index is 0.00000180. The van der Waals surface area contributed by atoms with Crippen LogP contribution in [0.15, 0.2) is 58.5 Å². The molecule has 0 fully saturated rings. The van der Waals surface area contributed by atoms with Gasteiger partial charge in [-0.15, -0.1) is 0 Å². The van der Waals surface area contributed by atoms with Crippen LogP contribution >= 0.6 is 0 Å². The Bertz CT molecular complexity index is 544. The minimum absolute atomic E-state index is 0. The van der Waals surface area contributed by atoms with Crippen molar-refractivity contribution < 1.29 is 27.0 Å². The molecule has 0 spiro atoms. The molecular weight excluding hydrogens is 287 g/mol. The van der Waals surface area contributed by atoms with Gasteiger partial charge in [-0.3, -0.25) is 9.98 Å². The van der Waals surface area contributed by atoms with Crippen LogP contribution < -0.4 is 0 Å². The molecule has 2 N–H and O–H groups in total. The van der Waals surface area contributed by atoms with Crippen molar-refractivity contribution >= 4 is 23.8 Å². The first kappa shape index (κ1) is 14.9. The quantitative estimate of drug-likeness (QED) is 0.855. The Morgan fingerprint density at radius 2 is 1.05 bits per heavy atom. The summed E-state index contributed by atoms with van der Waals surface area (Å²) in [7, 11) is 0. The van der Waals surface area contributed by atoms with E-state index >= 15 is 0 Å². The third kappa shape index (κ3) is 4.24. The molecule has 0 bridgehead atoms. The molecule has 0 aliphatic rings. The van der Waals surface area contributed by atoms with E-state index in [1.54, 1.807) is 48.5 Å². The number of phenols is 2. The summed E-state index contributed by atoms with van der Waals surface area (Å²) in [5, 5.41) is 18.9. The van der Waals surface area contributed by atoms with Crippen LogP contribution in [0.2, 0.25) is 0 Å². The molecule has 0 saturated carbocycles. The Hall–Kier alpha value is -2.11. The van der Waals surface area contributed by atoms with Gasteiger partial charge in [-0.25, -0.2) is 0 Å². The second kappa shape index (κ2) is 7.35. The summed E-state index contributed by atoms with van der Waals surface area (Å²) in [4.78, 5) is 8.09. The van der Waals surface area contributed by atoms with E-state index in [4.69, 9.17) is 0 Å². The largest absolute Gasteiger partial charge is 0.506 e. The van der Waals surface area contributed by atoms with Crippen molar-refractivity contribution in [1.82, 2.24) is 0 Å². The summed E-state index contributed by atoms with van der Waals surface area (Å²) in [6, 6.07) is 13.5. The molecule has 2 aromatic carbocycles. The van der Waals surface area contributed by atoms with Crippen LogP contribution in [0.5, 0.6) is 11.5 Å². The molecule has 0 aromatic heterocycles. The van der Waals surface area contributed by atoms with E-state index < -0.39 is 0 Å². The molecular formula is C14H12CoN2O2. The van der Waals surface area contributed by atoms with Crippen LogP contribution in [0, 0.1) is 0 Å². The van der Waals surface area contributed by atoms with E-state index in [1.165, 1.54) is 12.4 Å². The third-order valence-corrected chi connectivity index (χ3v) is 2.26. The first-order valence-corrected chi connectivity index (χ1v) is 5.40. The predicted octanol–water partition coefficient (Wildman–Crippen LogP) is 3.20. The van der Waals surface area contributed by atoms with Crippen LogP contribution in [0.4, 0.5) is 11.4 Å². The molecule has 0 aliphatic carbocycles. The van der Waals surface area contributed by atoms with Gasteiger partial charge in [-0.1, -0.05) is 24.3 Å². The van der Waals surface area contributed by atoms with Crippen molar-refractivity contribution in [3.05, 3.63) is 48.5 Å². The maximum absolute atomic E-state index is 9.47. The molecule has 2 aromatic rings. The second-order valence-electron chi connectivity index (χ2n) is 3.53. The van der Waals surface area contributed by atoms with Gasteiger partial charge in [0.25, 0.3) is 0 Å². The number of para-hydroxylation sites is 4. The van der Waals surface area contributed by atoms with E-state index in [-0.39, 0.29) is 28.3 Å². The number of nitrogens with zero attached hydrogens (tertiary/aromatic N) is 2. The summed E-state index contributed by atoms with van der Waals surface area (Å²) < 4.78 is 0. The number of aliphatic imine (C=N–C) groups is 2. The summed E-state index contributed by atoms with van der Waals surface area (Å²) in [5.41, 5.74) is 0.947. The molecule has 0 unspecified atom stereocenters. The first-order chi connectivity index (χ1) is 8.77. The molecule has 4 nitrogen and oxygen atoms in total. The van der Waals surface area contributed by atoms with Gasteiger partial charge in [0.2, 0.25) is 0 Å². The van der Waals surface area contributed by atoms with Crippen molar-refractivity contribution in [2.24, 2.45) is 9.98 Å². The van der Waals surface area contributed by atoms with Gasteiger partial charge in [0, 0.05) is 29.2 Å². The van der Waals surface area contributed by atoms with Gasteiger partial charge in [0.1, 0.15) is 22.9 Å². The Kier molecular flexibility index (Phi) is 5.78. The van der Waals surface area contributed by atoms with Gasteiger partial charge in [0.15, 0.2) is 0 Å². The number of aromatic hydroxyl groups is 2. The van der Waals surface area contributed by atoms with Crippen molar-refractivity contribution in [3.63, 3.8) is 0 Å². The minimum Gasteiger partial charge on any atom is -0.506 e. The zero-order valence-corrected chi connectivity index (χ0v) is 10.9. The van der Waals surface area contributed by atoms with Gasteiger partial charge < -0.3 is 10.2 Å². The average molecular weight is 299 g/mol. The average Bonchev–Trinajstić information content (AvgIpc) is 2.38. The van der Waals surface area contributed by atoms with E-state index in [0.29, 0.717) is 11.4 Å². The number of hydrogen-bond donors (Lipinski definition) is 2. The van der Waals surface area contributed by atoms with Gasteiger partial charge >= 0.3 is 0 Å². The van der Waals surface area contributed by atoms with Gasteiger partial charge in [-0.2, -0.15) is 0 Å². The first-order valence-electron chi connectivity index (χ1n) is 5.40. The molecule has 0 atom stereocenters. The molecule has 0 saturated heterocycles. The molecule has 0 heterocycles. The predicted molar refractivity (Wildman–Crippen MR) is 72.5 cm³/mol. The Morgan fingerprint density at radius 3 is 1.42 bits per heavy atom. The standard InChI is InChI=1S/C14H12N2O2.Co/c17-13-7-3-1-5-11(13)15-9-10-16-12-6-2-4-8-14(12)18;/h1-10,17-18H;. The molecule has 2 rings (SSSR count). The van der Waals surface area contributed by atoms with Crippen LogP contribution in [0.3, 0.4) is 0 Å². The molecule has 5 heteroatoms. The minimum atomic E-state index is 0. The van der Waals surface area contributed by atoms with Gasteiger partial charge in [0.05, 0.1) is 0 Å². The molecule has 0 amide bonds. The SMILES string of the molecule is Oc1ccccc1N=CC=Nc1ccccc1O.[Co]. The van der Waals surface area contributed by atoms with Crippen LogP contribution in [0.25, 0.3) is 0 Å². The maximum atomic E-state index is 9.47. The summed E-state index contributed by atoms with van der Waals surface area (Å²) in [6.45, 7) is 0. The van der Waals surface area contributed by atoms with Gasteiger partial charge in [-0.05, 0) is 24.3 Å². The summed E-state index contributed by atoms with van der Waals surface area (Å²) in [6.07, 6.45) is 2.92. The molecule has 0 aliphatic heterocycles. The van der Waals surface area contributed by atoms with Crippen molar-refractivity contribution in [1.29, 1.82) is 0 Å². The molecule has 1 radical (unpaired) electrons. The number of benzene rings is 2. The van der Waals surface area contributed by atoms with Crippen LogP contribution in [-0.4, -0.2) is 22.6 Å². The number of rotatable bonds is 3. The monoisotopic (exact) mass is 299 g/mol. The van der Waals surface area contributed by atoms with E-state index in [0.717, 1.165) is 0 Å². The number of hydrogen-bond acceptors (Lipinski definition) is 4.